The van der Waals surface area contributed by atoms with Crippen LogP contribution >= 0.6 is 11.6 Å². The van der Waals surface area contributed by atoms with E-state index in [0.717, 1.165) is 12.0 Å². The average Bonchev–Trinajstić information content (AvgIpc) is 2.43. The minimum Gasteiger partial charge on any atom is -0.377 e. The average molecular weight is 284 g/mol. The Morgan fingerprint density at radius 3 is 2.63 bits per heavy atom. The van der Waals surface area contributed by atoms with Crippen molar-refractivity contribution in [1.29, 1.82) is 0 Å². The van der Waals surface area contributed by atoms with Gasteiger partial charge in [-0.1, -0.05) is 30.3 Å². The Bertz CT molecular complexity index is 379. The molecule has 0 aliphatic carbocycles. The number of amides is 1. The van der Waals surface area contributed by atoms with Crippen molar-refractivity contribution in [2.24, 2.45) is 5.41 Å². The molecule has 0 fully saturated rings. The minimum absolute atomic E-state index is 0.00874. The first kappa shape index (κ1) is 16.0. The molecule has 0 aromatic heterocycles. The lowest BCUT2D eigenvalue weighted by Crippen LogP contribution is -2.38. The smallest absolute Gasteiger partial charge is 0.226 e. The fourth-order valence-electron chi connectivity index (χ4n) is 1.44. The van der Waals surface area contributed by atoms with Gasteiger partial charge < -0.3 is 10.1 Å². The van der Waals surface area contributed by atoms with E-state index in [1.54, 1.807) is 0 Å². The molecule has 0 aliphatic heterocycles. The van der Waals surface area contributed by atoms with E-state index in [4.69, 9.17) is 16.3 Å². The van der Waals surface area contributed by atoms with Crippen LogP contribution in [-0.2, 0) is 16.1 Å². The van der Waals surface area contributed by atoms with Gasteiger partial charge in [0.15, 0.2) is 0 Å². The fourth-order valence-corrected chi connectivity index (χ4v) is 1.56. The summed E-state index contributed by atoms with van der Waals surface area (Å²) in [5.41, 5.74) is 0.654. The lowest BCUT2D eigenvalue weighted by molar-refractivity contribution is -0.128. The fraction of sp³-hybridized carbons (Fsp3) is 0.533. The highest BCUT2D eigenvalue weighted by molar-refractivity contribution is 6.19. The molecular weight excluding hydrogens is 262 g/mol. The van der Waals surface area contributed by atoms with Crippen LogP contribution in [0.4, 0.5) is 0 Å². The van der Waals surface area contributed by atoms with Gasteiger partial charge in [-0.05, 0) is 25.8 Å². The molecule has 0 aliphatic rings. The van der Waals surface area contributed by atoms with Crippen LogP contribution < -0.4 is 5.32 Å². The third kappa shape index (κ3) is 6.08. The Morgan fingerprint density at radius 1 is 1.32 bits per heavy atom. The SMILES string of the molecule is CC(C)(CCl)C(=O)NCCCOCc1ccccc1. The van der Waals surface area contributed by atoms with E-state index in [0.29, 0.717) is 25.6 Å². The van der Waals surface area contributed by atoms with Crippen molar-refractivity contribution in [2.45, 2.75) is 26.9 Å². The zero-order valence-corrected chi connectivity index (χ0v) is 12.4. The third-order valence-corrected chi connectivity index (χ3v) is 3.48. The summed E-state index contributed by atoms with van der Waals surface area (Å²) >= 11 is 5.73. The Balaban J connectivity index is 2.07. The number of ether oxygens (including phenoxy) is 1. The summed E-state index contributed by atoms with van der Waals surface area (Å²) in [6, 6.07) is 10.0. The van der Waals surface area contributed by atoms with Crippen molar-refractivity contribution >= 4 is 17.5 Å². The number of rotatable bonds is 8. The van der Waals surface area contributed by atoms with Gasteiger partial charge in [0.25, 0.3) is 0 Å². The first-order valence-corrected chi connectivity index (χ1v) is 7.05. The topological polar surface area (TPSA) is 38.3 Å². The van der Waals surface area contributed by atoms with Crippen molar-refractivity contribution in [3.05, 3.63) is 35.9 Å². The van der Waals surface area contributed by atoms with Crippen molar-refractivity contribution in [1.82, 2.24) is 5.32 Å². The van der Waals surface area contributed by atoms with Crippen molar-refractivity contribution in [3.63, 3.8) is 0 Å². The minimum atomic E-state index is -0.507. The third-order valence-electron chi connectivity index (χ3n) is 2.81. The largest absolute Gasteiger partial charge is 0.377 e. The van der Waals surface area contributed by atoms with Crippen molar-refractivity contribution in [3.8, 4) is 0 Å². The van der Waals surface area contributed by atoms with Crippen LogP contribution in [0.1, 0.15) is 25.8 Å². The first-order valence-electron chi connectivity index (χ1n) is 6.52. The maximum absolute atomic E-state index is 11.7. The molecule has 0 heterocycles. The molecule has 3 nitrogen and oxygen atoms in total. The van der Waals surface area contributed by atoms with Crippen LogP contribution in [0.3, 0.4) is 0 Å². The molecule has 0 atom stereocenters. The highest BCUT2D eigenvalue weighted by Gasteiger charge is 2.25. The Labute approximate surface area is 120 Å². The molecule has 1 rings (SSSR count). The lowest BCUT2D eigenvalue weighted by Gasteiger charge is -2.20. The van der Waals surface area contributed by atoms with E-state index in [2.05, 4.69) is 5.32 Å². The second-order valence-corrected chi connectivity index (χ2v) is 5.43. The van der Waals surface area contributed by atoms with Crippen LogP contribution in [-0.4, -0.2) is 24.9 Å². The number of hydrogen-bond acceptors (Lipinski definition) is 2. The molecule has 0 bridgehead atoms. The second kappa shape index (κ2) is 8.18. The van der Waals surface area contributed by atoms with E-state index in [-0.39, 0.29) is 5.91 Å². The highest BCUT2D eigenvalue weighted by Crippen LogP contribution is 2.16. The monoisotopic (exact) mass is 283 g/mol. The van der Waals surface area contributed by atoms with Crippen LogP contribution in [0.5, 0.6) is 0 Å². The molecule has 106 valence electrons. The molecular formula is C15H22ClNO2. The number of benzene rings is 1. The van der Waals surface area contributed by atoms with E-state index in [9.17, 15) is 4.79 Å². The Hall–Kier alpha value is -1.06. The molecule has 4 heteroatoms. The zero-order valence-electron chi connectivity index (χ0n) is 11.6. The summed E-state index contributed by atoms with van der Waals surface area (Å²) in [6.45, 7) is 5.54. The molecule has 1 N–H and O–H groups in total. The van der Waals surface area contributed by atoms with Crippen LogP contribution in [0.25, 0.3) is 0 Å². The number of halogens is 1. The van der Waals surface area contributed by atoms with Gasteiger partial charge in [0, 0.05) is 19.0 Å². The number of carbonyl (C=O) groups is 1. The van der Waals surface area contributed by atoms with Gasteiger partial charge in [0.05, 0.1) is 12.0 Å². The molecule has 0 saturated carbocycles. The molecule has 1 aromatic rings. The number of alkyl halides is 1. The van der Waals surface area contributed by atoms with Gasteiger partial charge in [-0.15, -0.1) is 11.6 Å². The zero-order chi connectivity index (χ0) is 14.1. The van der Waals surface area contributed by atoms with Crippen molar-refractivity contribution in [2.75, 3.05) is 19.0 Å². The molecule has 0 unspecified atom stereocenters. The van der Waals surface area contributed by atoms with E-state index in [1.165, 1.54) is 0 Å². The number of nitrogens with one attached hydrogen (secondary N) is 1. The predicted molar refractivity (Wildman–Crippen MR) is 78.2 cm³/mol. The van der Waals surface area contributed by atoms with Gasteiger partial charge in [-0.2, -0.15) is 0 Å². The highest BCUT2D eigenvalue weighted by atomic mass is 35.5. The molecule has 1 aromatic carbocycles. The summed E-state index contributed by atoms with van der Waals surface area (Å²) in [7, 11) is 0. The summed E-state index contributed by atoms with van der Waals surface area (Å²) < 4.78 is 5.54. The first-order chi connectivity index (χ1) is 9.06. The van der Waals surface area contributed by atoms with Crippen LogP contribution in [0.15, 0.2) is 30.3 Å². The number of hydrogen-bond donors (Lipinski definition) is 1. The van der Waals surface area contributed by atoms with Gasteiger partial charge in [-0.3, -0.25) is 4.79 Å². The molecule has 19 heavy (non-hydrogen) atoms. The van der Waals surface area contributed by atoms with E-state index < -0.39 is 5.41 Å². The van der Waals surface area contributed by atoms with Gasteiger partial charge in [0.2, 0.25) is 5.91 Å². The maximum Gasteiger partial charge on any atom is 0.226 e. The van der Waals surface area contributed by atoms with Gasteiger partial charge >= 0.3 is 0 Å². The summed E-state index contributed by atoms with van der Waals surface area (Å²) in [5, 5.41) is 2.87. The molecule has 0 radical (unpaired) electrons. The normalized spacial score (nSPS) is 11.3. The van der Waals surface area contributed by atoms with Gasteiger partial charge in [-0.25, -0.2) is 0 Å². The van der Waals surface area contributed by atoms with E-state index >= 15 is 0 Å². The quantitative estimate of drug-likeness (QED) is 0.588. The summed E-state index contributed by atoms with van der Waals surface area (Å²) in [5.74, 6) is 0.314. The summed E-state index contributed by atoms with van der Waals surface area (Å²) in [4.78, 5) is 11.7. The second-order valence-electron chi connectivity index (χ2n) is 5.17. The standard InChI is InChI=1S/C15H22ClNO2/c1-15(2,12-16)14(18)17-9-6-10-19-11-13-7-4-3-5-8-13/h3-5,7-8H,6,9-12H2,1-2H3,(H,17,18). The predicted octanol–water partition coefficient (Wildman–Crippen LogP) is 2.97. The molecule has 1 amide bonds. The Morgan fingerprint density at radius 2 is 2.00 bits per heavy atom. The van der Waals surface area contributed by atoms with Crippen LogP contribution in [0, 0.1) is 5.41 Å². The van der Waals surface area contributed by atoms with Gasteiger partial charge in [0.1, 0.15) is 0 Å². The maximum atomic E-state index is 11.7. The summed E-state index contributed by atoms with van der Waals surface area (Å²) in [6.07, 6.45) is 0.803. The Kier molecular flexibility index (Phi) is 6.89. The van der Waals surface area contributed by atoms with Crippen molar-refractivity contribution < 1.29 is 9.53 Å². The lowest BCUT2D eigenvalue weighted by atomic mass is 9.95. The van der Waals surface area contributed by atoms with Crippen LogP contribution in [0.2, 0.25) is 0 Å². The number of carbonyl (C=O) groups excluding carboxylic acids is 1. The molecule has 0 saturated heterocycles. The van der Waals surface area contributed by atoms with E-state index in [1.807, 2.05) is 44.2 Å². The molecule has 0 spiro atoms.